The van der Waals surface area contributed by atoms with Gasteiger partial charge in [0.2, 0.25) is 0 Å². The molecule has 0 spiro atoms. The van der Waals surface area contributed by atoms with Gasteiger partial charge in [-0.15, -0.1) is 0 Å². The van der Waals surface area contributed by atoms with Gasteiger partial charge in [-0.2, -0.15) is 0 Å². The van der Waals surface area contributed by atoms with E-state index in [0.717, 1.165) is 52.1 Å². The number of rotatable bonds is 4. The zero-order valence-corrected chi connectivity index (χ0v) is 14.1. The van der Waals surface area contributed by atoms with Gasteiger partial charge in [0.25, 0.3) is 0 Å². The van der Waals surface area contributed by atoms with Gasteiger partial charge in [0, 0.05) is 39.3 Å². The van der Waals surface area contributed by atoms with Crippen LogP contribution < -0.4 is 0 Å². The normalized spacial score (nSPS) is 41.9. The highest BCUT2D eigenvalue weighted by Crippen LogP contribution is 2.22. The zero-order valence-electron chi connectivity index (χ0n) is 14.1. The molecule has 0 aromatic heterocycles. The van der Waals surface area contributed by atoms with Crippen molar-refractivity contribution in [3.63, 3.8) is 0 Å². The molecule has 3 saturated heterocycles. The van der Waals surface area contributed by atoms with Crippen molar-refractivity contribution >= 4 is 0 Å². The topological polar surface area (TPSA) is 45.2 Å². The van der Waals surface area contributed by atoms with E-state index in [4.69, 9.17) is 9.47 Å². The van der Waals surface area contributed by atoms with Crippen LogP contribution in [-0.2, 0) is 9.47 Å². The molecule has 128 valence electrons. The summed E-state index contributed by atoms with van der Waals surface area (Å²) < 4.78 is 11.9. The highest BCUT2D eigenvalue weighted by atomic mass is 16.5. The molecule has 5 nitrogen and oxygen atoms in total. The molecule has 5 heteroatoms. The molecule has 0 amide bonds. The quantitative estimate of drug-likeness (QED) is 0.842. The van der Waals surface area contributed by atoms with Gasteiger partial charge < -0.3 is 14.6 Å². The van der Waals surface area contributed by atoms with E-state index in [0.29, 0.717) is 24.4 Å². The Hall–Kier alpha value is -0.200. The third-order valence-electron chi connectivity index (χ3n) is 5.23. The predicted molar refractivity (Wildman–Crippen MR) is 86.0 cm³/mol. The number of aliphatic hydroxyl groups is 1. The Morgan fingerprint density at radius 1 is 0.818 bits per heavy atom. The molecule has 3 fully saturated rings. The number of ether oxygens (including phenoxy) is 2. The zero-order chi connectivity index (χ0) is 15.5. The summed E-state index contributed by atoms with van der Waals surface area (Å²) in [4.78, 5) is 4.76. The van der Waals surface area contributed by atoms with Gasteiger partial charge in [-0.3, -0.25) is 9.80 Å². The summed E-state index contributed by atoms with van der Waals surface area (Å²) in [5, 5.41) is 10.3. The van der Waals surface area contributed by atoms with Gasteiger partial charge in [0.1, 0.15) is 0 Å². The first-order valence-corrected chi connectivity index (χ1v) is 9.02. The third-order valence-corrected chi connectivity index (χ3v) is 5.23. The maximum absolute atomic E-state index is 10.3. The van der Waals surface area contributed by atoms with Gasteiger partial charge in [-0.25, -0.2) is 0 Å². The lowest BCUT2D eigenvalue weighted by molar-refractivity contribution is 0.0223. The summed E-state index contributed by atoms with van der Waals surface area (Å²) in [6, 6.07) is 0. The minimum atomic E-state index is -0.264. The lowest BCUT2D eigenvalue weighted by Crippen LogP contribution is -2.38. The summed E-state index contributed by atoms with van der Waals surface area (Å²) in [5.41, 5.74) is 0. The molecular formula is C17H32N2O3. The Balaban J connectivity index is 1.45. The van der Waals surface area contributed by atoms with Crippen molar-refractivity contribution in [1.29, 1.82) is 0 Å². The molecule has 22 heavy (non-hydrogen) atoms. The standard InChI is InChI=1S/C17H32N2O3/c1-13-3-5-16(21-13)11-18-7-8-19(10-15(20)9-18)12-17-6-4-14(2)22-17/h13-17,20H,3-12H2,1-2H3. The van der Waals surface area contributed by atoms with E-state index in [2.05, 4.69) is 23.6 Å². The molecule has 0 bridgehead atoms. The smallest absolute Gasteiger partial charge is 0.0793 e. The summed E-state index contributed by atoms with van der Waals surface area (Å²) in [7, 11) is 0. The number of aliphatic hydroxyl groups excluding tert-OH is 1. The van der Waals surface area contributed by atoms with E-state index in [9.17, 15) is 5.11 Å². The van der Waals surface area contributed by atoms with Crippen molar-refractivity contribution in [2.75, 3.05) is 39.3 Å². The highest BCUT2D eigenvalue weighted by molar-refractivity contribution is 4.82. The van der Waals surface area contributed by atoms with Crippen LogP contribution in [0.25, 0.3) is 0 Å². The van der Waals surface area contributed by atoms with Crippen LogP contribution in [0.3, 0.4) is 0 Å². The van der Waals surface area contributed by atoms with Crippen LogP contribution >= 0.6 is 0 Å². The van der Waals surface area contributed by atoms with E-state index in [1.54, 1.807) is 0 Å². The first-order valence-electron chi connectivity index (χ1n) is 9.02. The first-order chi connectivity index (χ1) is 10.6. The molecule has 0 aromatic carbocycles. The third kappa shape index (κ3) is 4.65. The molecule has 0 radical (unpaired) electrons. The first kappa shape index (κ1) is 16.7. The van der Waals surface area contributed by atoms with E-state index in [1.807, 2.05) is 0 Å². The molecule has 4 atom stereocenters. The van der Waals surface area contributed by atoms with Gasteiger partial charge in [0.05, 0.1) is 30.5 Å². The second-order valence-electron chi connectivity index (χ2n) is 7.47. The van der Waals surface area contributed by atoms with Crippen molar-refractivity contribution < 1.29 is 14.6 Å². The summed E-state index contributed by atoms with van der Waals surface area (Å²) in [6.07, 6.45) is 5.91. The lowest BCUT2D eigenvalue weighted by Gasteiger charge is -2.25. The second-order valence-corrected chi connectivity index (χ2v) is 7.47. The fraction of sp³-hybridized carbons (Fsp3) is 1.00. The molecular weight excluding hydrogens is 280 g/mol. The molecule has 1 N–H and O–H groups in total. The lowest BCUT2D eigenvalue weighted by atomic mass is 10.2. The Morgan fingerprint density at radius 3 is 1.64 bits per heavy atom. The maximum Gasteiger partial charge on any atom is 0.0793 e. The van der Waals surface area contributed by atoms with Crippen molar-refractivity contribution in [2.45, 2.75) is 70.1 Å². The van der Waals surface area contributed by atoms with Crippen LogP contribution in [0, 0.1) is 0 Å². The predicted octanol–water partition coefficient (Wildman–Crippen LogP) is 1.10. The molecule has 3 heterocycles. The molecule has 4 unspecified atom stereocenters. The Bertz CT molecular complexity index is 323. The summed E-state index contributed by atoms with van der Waals surface area (Å²) in [5.74, 6) is 0. The molecule has 3 aliphatic heterocycles. The average Bonchev–Trinajstić information content (AvgIpc) is 2.99. The number of hydrogen-bond acceptors (Lipinski definition) is 5. The van der Waals surface area contributed by atoms with Crippen LogP contribution in [0.4, 0.5) is 0 Å². The Kier molecular flexibility index (Phi) is 5.74. The van der Waals surface area contributed by atoms with E-state index in [-0.39, 0.29) is 6.10 Å². The largest absolute Gasteiger partial charge is 0.390 e. The molecule has 0 saturated carbocycles. The van der Waals surface area contributed by atoms with E-state index >= 15 is 0 Å². The van der Waals surface area contributed by atoms with Crippen LogP contribution in [0.15, 0.2) is 0 Å². The van der Waals surface area contributed by atoms with Gasteiger partial charge in [0.15, 0.2) is 0 Å². The SMILES string of the molecule is CC1CCC(CN2CCN(CC3CCC(C)O3)CC(O)C2)O1. The molecule has 3 rings (SSSR count). The summed E-state index contributed by atoms with van der Waals surface area (Å²) in [6.45, 7) is 9.82. The molecule has 3 aliphatic rings. The average molecular weight is 312 g/mol. The van der Waals surface area contributed by atoms with Crippen molar-refractivity contribution in [2.24, 2.45) is 0 Å². The summed E-state index contributed by atoms with van der Waals surface area (Å²) >= 11 is 0. The van der Waals surface area contributed by atoms with E-state index < -0.39 is 0 Å². The Labute approximate surface area is 134 Å². The number of β-amino-alcohol motifs (C(OH)–C–C–N with tert-alkyl or cyclic N) is 1. The van der Waals surface area contributed by atoms with Crippen molar-refractivity contribution in [3.8, 4) is 0 Å². The maximum atomic E-state index is 10.3. The molecule has 0 aliphatic carbocycles. The van der Waals surface area contributed by atoms with E-state index in [1.165, 1.54) is 12.8 Å². The highest BCUT2D eigenvalue weighted by Gasteiger charge is 2.29. The van der Waals surface area contributed by atoms with Crippen molar-refractivity contribution in [1.82, 2.24) is 9.80 Å². The van der Waals surface area contributed by atoms with Crippen molar-refractivity contribution in [3.05, 3.63) is 0 Å². The fourth-order valence-corrected chi connectivity index (χ4v) is 4.07. The fourth-order valence-electron chi connectivity index (χ4n) is 4.07. The Morgan fingerprint density at radius 2 is 1.27 bits per heavy atom. The minimum absolute atomic E-state index is 0.264. The van der Waals surface area contributed by atoms with Gasteiger partial charge in [-0.1, -0.05) is 0 Å². The van der Waals surface area contributed by atoms with Gasteiger partial charge in [-0.05, 0) is 39.5 Å². The number of nitrogens with zero attached hydrogens (tertiary/aromatic N) is 2. The van der Waals surface area contributed by atoms with Crippen LogP contribution in [0.2, 0.25) is 0 Å². The van der Waals surface area contributed by atoms with Crippen LogP contribution in [-0.4, -0.2) is 84.7 Å². The minimum Gasteiger partial charge on any atom is -0.390 e. The second kappa shape index (κ2) is 7.58. The monoisotopic (exact) mass is 312 g/mol. The molecule has 0 aromatic rings. The van der Waals surface area contributed by atoms with Crippen LogP contribution in [0.5, 0.6) is 0 Å². The number of hydrogen-bond donors (Lipinski definition) is 1. The van der Waals surface area contributed by atoms with Gasteiger partial charge >= 0.3 is 0 Å². The van der Waals surface area contributed by atoms with Crippen LogP contribution in [0.1, 0.15) is 39.5 Å².